The number of rotatable bonds is 5. The van der Waals surface area contributed by atoms with Gasteiger partial charge in [0.25, 0.3) is 0 Å². The van der Waals surface area contributed by atoms with Gasteiger partial charge in [0.05, 0.1) is 11.7 Å². The number of carbonyl (C=O) groups is 1. The van der Waals surface area contributed by atoms with Crippen LogP contribution in [0.15, 0.2) is 22.9 Å². The Kier molecular flexibility index (Phi) is 5.11. The number of hydrogen-bond acceptors (Lipinski definition) is 5. The maximum absolute atomic E-state index is 11.8. The van der Waals surface area contributed by atoms with Crippen LogP contribution in [0, 0.1) is 6.92 Å². The third kappa shape index (κ3) is 4.03. The highest BCUT2D eigenvalue weighted by molar-refractivity contribution is 7.13. The summed E-state index contributed by atoms with van der Waals surface area (Å²) in [4.78, 5) is 19.4. The topological polar surface area (TPSA) is 57.3 Å². The van der Waals surface area contributed by atoms with Crippen LogP contribution in [0.4, 0.5) is 9.93 Å². The van der Waals surface area contributed by atoms with Gasteiger partial charge in [-0.3, -0.25) is 5.32 Å². The number of aromatic nitrogens is 1. The van der Waals surface area contributed by atoms with Gasteiger partial charge in [-0.15, -0.1) is 22.7 Å². The molecule has 0 aliphatic heterocycles. The summed E-state index contributed by atoms with van der Waals surface area (Å²) in [5.41, 5.74) is 0.912. The third-order valence-corrected chi connectivity index (χ3v) is 4.64. The molecule has 5 nitrogen and oxygen atoms in total. The minimum Gasteiger partial charge on any atom is -0.336 e. The van der Waals surface area contributed by atoms with E-state index in [-0.39, 0.29) is 12.1 Å². The van der Waals surface area contributed by atoms with Crippen molar-refractivity contribution in [3.63, 3.8) is 0 Å². The molecule has 20 heavy (non-hydrogen) atoms. The van der Waals surface area contributed by atoms with Crippen LogP contribution in [-0.4, -0.2) is 36.6 Å². The predicted molar refractivity (Wildman–Crippen MR) is 84.6 cm³/mol. The Hall–Kier alpha value is -1.44. The Labute approximate surface area is 126 Å². The minimum absolute atomic E-state index is 0.179. The predicted octanol–water partition coefficient (Wildman–Crippen LogP) is 2.94. The molecule has 2 heterocycles. The van der Waals surface area contributed by atoms with Crippen molar-refractivity contribution in [1.82, 2.24) is 15.2 Å². The summed E-state index contributed by atoms with van der Waals surface area (Å²) in [7, 11) is 4.02. The zero-order chi connectivity index (χ0) is 14.5. The first-order valence-corrected chi connectivity index (χ1v) is 7.99. The van der Waals surface area contributed by atoms with Crippen molar-refractivity contribution in [3.05, 3.63) is 33.5 Å². The standard InChI is InChI=1S/C13H18N4OS2/c1-9-8-20-13(15-9)16-12(18)14-7-10(17(2)3)11-5-4-6-19-11/h4-6,8,10H,7H2,1-3H3,(H2,14,15,16,18). The maximum Gasteiger partial charge on any atom is 0.321 e. The summed E-state index contributed by atoms with van der Waals surface area (Å²) in [6.45, 7) is 2.46. The van der Waals surface area contributed by atoms with Crippen LogP contribution < -0.4 is 10.6 Å². The van der Waals surface area contributed by atoms with Crippen LogP contribution in [0.2, 0.25) is 0 Å². The largest absolute Gasteiger partial charge is 0.336 e. The molecule has 1 unspecified atom stereocenters. The molecule has 0 aromatic carbocycles. The lowest BCUT2D eigenvalue weighted by Crippen LogP contribution is -2.36. The number of urea groups is 1. The monoisotopic (exact) mass is 310 g/mol. The fourth-order valence-electron chi connectivity index (χ4n) is 1.76. The van der Waals surface area contributed by atoms with Gasteiger partial charge < -0.3 is 10.2 Å². The van der Waals surface area contributed by atoms with Crippen molar-refractivity contribution in [2.75, 3.05) is 26.0 Å². The molecule has 0 fully saturated rings. The molecular weight excluding hydrogens is 292 g/mol. The van der Waals surface area contributed by atoms with Crippen molar-refractivity contribution in [2.24, 2.45) is 0 Å². The van der Waals surface area contributed by atoms with Gasteiger partial charge in [-0.05, 0) is 32.5 Å². The van der Waals surface area contributed by atoms with Crippen molar-refractivity contribution >= 4 is 33.8 Å². The Morgan fingerprint density at radius 2 is 2.25 bits per heavy atom. The highest BCUT2D eigenvalue weighted by Gasteiger charge is 2.16. The molecule has 2 N–H and O–H groups in total. The second kappa shape index (κ2) is 6.83. The zero-order valence-corrected chi connectivity index (χ0v) is 13.3. The van der Waals surface area contributed by atoms with Crippen LogP contribution in [0.1, 0.15) is 16.6 Å². The van der Waals surface area contributed by atoms with Gasteiger partial charge in [-0.1, -0.05) is 6.07 Å². The highest BCUT2D eigenvalue weighted by atomic mass is 32.1. The Balaban J connectivity index is 1.88. The van der Waals surface area contributed by atoms with Crippen LogP contribution >= 0.6 is 22.7 Å². The zero-order valence-electron chi connectivity index (χ0n) is 11.7. The number of likely N-dealkylation sites (N-methyl/N-ethyl adjacent to an activating group) is 1. The van der Waals surface area contributed by atoms with E-state index >= 15 is 0 Å². The van der Waals surface area contributed by atoms with E-state index in [2.05, 4.69) is 26.6 Å². The van der Waals surface area contributed by atoms with E-state index in [1.807, 2.05) is 37.8 Å². The van der Waals surface area contributed by atoms with Crippen LogP contribution in [0.3, 0.4) is 0 Å². The Morgan fingerprint density at radius 1 is 1.45 bits per heavy atom. The van der Waals surface area contributed by atoms with E-state index in [1.54, 1.807) is 11.3 Å². The molecule has 0 aliphatic rings. The van der Waals surface area contributed by atoms with Crippen molar-refractivity contribution in [2.45, 2.75) is 13.0 Å². The average molecular weight is 310 g/mol. The summed E-state index contributed by atoms with van der Waals surface area (Å²) >= 11 is 3.12. The first-order chi connectivity index (χ1) is 9.56. The summed E-state index contributed by atoms with van der Waals surface area (Å²) in [6, 6.07) is 4.06. The lowest BCUT2D eigenvalue weighted by atomic mass is 10.2. The number of aryl methyl sites for hydroxylation is 1. The van der Waals surface area contributed by atoms with Gasteiger partial charge in [0.2, 0.25) is 0 Å². The molecule has 0 saturated heterocycles. The normalized spacial score (nSPS) is 12.4. The van der Waals surface area contributed by atoms with Crippen molar-refractivity contribution in [3.8, 4) is 0 Å². The molecule has 0 spiro atoms. The number of thiazole rings is 1. The molecule has 0 radical (unpaired) electrons. The van der Waals surface area contributed by atoms with Gasteiger partial charge in [0.15, 0.2) is 5.13 Å². The summed E-state index contributed by atoms with van der Waals surface area (Å²) in [6.07, 6.45) is 0. The molecule has 1 atom stereocenters. The van der Waals surface area contributed by atoms with Gasteiger partial charge in [-0.25, -0.2) is 9.78 Å². The SMILES string of the molecule is Cc1csc(NC(=O)NCC(c2cccs2)N(C)C)n1. The molecule has 2 rings (SSSR count). The van der Waals surface area contributed by atoms with Crippen molar-refractivity contribution in [1.29, 1.82) is 0 Å². The summed E-state index contributed by atoms with van der Waals surface area (Å²) in [5.74, 6) is 0. The molecule has 2 aromatic heterocycles. The summed E-state index contributed by atoms with van der Waals surface area (Å²) in [5, 5.41) is 10.2. The average Bonchev–Trinajstić information content (AvgIpc) is 3.01. The second-order valence-electron chi connectivity index (χ2n) is 4.62. The van der Waals surface area contributed by atoms with E-state index in [0.717, 1.165) is 5.69 Å². The van der Waals surface area contributed by atoms with E-state index in [9.17, 15) is 4.79 Å². The second-order valence-corrected chi connectivity index (χ2v) is 6.46. The lowest BCUT2D eigenvalue weighted by Gasteiger charge is -2.23. The molecule has 2 amide bonds. The summed E-state index contributed by atoms with van der Waals surface area (Å²) < 4.78 is 0. The first-order valence-electron chi connectivity index (χ1n) is 6.23. The number of amides is 2. The first kappa shape index (κ1) is 15.0. The van der Waals surface area contributed by atoms with Crippen LogP contribution in [0.5, 0.6) is 0 Å². The number of nitrogens with zero attached hydrogens (tertiary/aromatic N) is 2. The van der Waals surface area contributed by atoms with Gasteiger partial charge in [0, 0.05) is 16.8 Å². The fourth-order valence-corrected chi connectivity index (χ4v) is 3.37. The Bertz CT molecular complexity index is 550. The van der Waals surface area contributed by atoms with Crippen LogP contribution in [-0.2, 0) is 0 Å². The quantitative estimate of drug-likeness (QED) is 0.893. The van der Waals surface area contributed by atoms with E-state index in [1.165, 1.54) is 16.2 Å². The van der Waals surface area contributed by atoms with Gasteiger partial charge >= 0.3 is 6.03 Å². The Morgan fingerprint density at radius 3 is 2.80 bits per heavy atom. The third-order valence-electron chi connectivity index (χ3n) is 2.79. The van der Waals surface area contributed by atoms with Gasteiger partial charge in [0.1, 0.15) is 0 Å². The molecule has 0 aliphatic carbocycles. The molecule has 0 saturated carbocycles. The van der Waals surface area contributed by atoms with E-state index in [0.29, 0.717) is 11.7 Å². The number of anilines is 1. The molecule has 7 heteroatoms. The van der Waals surface area contributed by atoms with Crippen LogP contribution in [0.25, 0.3) is 0 Å². The van der Waals surface area contributed by atoms with Gasteiger partial charge in [-0.2, -0.15) is 0 Å². The number of nitrogens with one attached hydrogen (secondary N) is 2. The molecule has 0 bridgehead atoms. The fraction of sp³-hybridized carbons (Fsp3) is 0.385. The molecule has 108 valence electrons. The van der Waals surface area contributed by atoms with E-state index in [4.69, 9.17) is 0 Å². The number of hydrogen-bond donors (Lipinski definition) is 2. The smallest absolute Gasteiger partial charge is 0.321 e. The highest BCUT2D eigenvalue weighted by Crippen LogP contribution is 2.22. The maximum atomic E-state index is 11.8. The van der Waals surface area contributed by atoms with Crippen molar-refractivity contribution < 1.29 is 4.79 Å². The van der Waals surface area contributed by atoms with E-state index < -0.39 is 0 Å². The number of thiophene rings is 1. The molecule has 2 aromatic rings. The lowest BCUT2D eigenvalue weighted by molar-refractivity contribution is 0.244. The minimum atomic E-state index is -0.220. The number of carbonyl (C=O) groups excluding carboxylic acids is 1. The molecular formula is C13H18N4OS2.